The molecule has 0 bridgehead atoms. The van der Waals surface area contributed by atoms with E-state index in [2.05, 4.69) is 114 Å². The molecule has 2 aromatic carbocycles. The fraction of sp³-hybridized carbons (Fsp3) is 0.625. The quantitative estimate of drug-likeness (QED) is 0.402. The van der Waals surface area contributed by atoms with Crippen molar-refractivity contribution in [3.63, 3.8) is 0 Å². The van der Waals surface area contributed by atoms with Gasteiger partial charge in [-0.3, -0.25) is 0 Å². The third-order valence-electron chi connectivity index (χ3n) is 8.02. The Kier molecular flexibility index (Phi) is 7.78. The summed E-state index contributed by atoms with van der Waals surface area (Å²) >= 11 is 0. The molecule has 2 aromatic rings. The van der Waals surface area contributed by atoms with Crippen LogP contribution in [-0.4, -0.2) is 49.6 Å². The lowest BCUT2D eigenvalue weighted by Gasteiger charge is -2.50. The Labute approximate surface area is 220 Å². The van der Waals surface area contributed by atoms with E-state index >= 15 is 0 Å². The summed E-state index contributed by atoms with van der Waals surface area (Å²) in [5.41, 5.74) is 5.08. The summed E-state index contributed by atoms with van der Waals surface area (Å²) in [7, 11) is 0. The van der Waals surface area contributed by atoms with Crippen molar-refractivity contribution in [2.45, 2.75) is 96.8 Å². The lowest BCUT2D eigenvalue weighted by molar-refractivity contribution is -0.147. The zero-order valence-electron chi connectivity index (χ0n) is 23.9. The summed E-state index contributed by atoms with van der Waals surface area (Å²) in [6.07, 6.45) is 2.13. The SMILES string of the molecule is CC(C)c1cccc(N2CC(C)(C)OC(C)(CCC(C)c3cccc(N4CCOCC4(C)C)c3)C2)c1. The lowest BCUT2D eigenvalue weighted by atomic mass is 9.87. The zero-order chi connectivity index (χ0) is 26.1. The Balaban J connectivity index is 1.46. The highest BCUT2D eigenvalue weighted by Crippen LogP contribution is 2.38. The first-order valence-corrected chi connectivity index (χ1v) is 13.9. The third-order valence-corrected chi connectivity index (χ3v) is 8.02. The van der Waals surface area contributed by atoms with Gasteiger partial charge in [-0.15, -0.1) is 0 Å². The highest BCUT2D eigenvalue weighted by molar-refractivity contribution is 5.52. The molecule has 2 unspecified atom stereocenters. The van der Waals surface area contributed by atoms with Crippen LogP contribution in [0.4, 0.5) is 11.4 Å². The molecule has 2 saturated heterocycles. The van der Waals surface area contributed by atoms with Crippen LogP contribution >= 0.6 is 0 Å². The second-order valence-corrected chi connectivity index (χ2v) is 13.0. The van der Waals surface area contributed by atoms with Crippen molar-refractivity contribution in [1.29, 1.82) is 0 Å². The monoisotopic (exact) mass is 492 g/mol. The van der Waals surface area contributed by atoms with Gasteiger partial charge >= 0.3 is 0 Å². The summed E-state index contributed by atoms with van der Waals surface area (Å²) < 4.78 is 12.5. The molecular weight excluding hydrogens is 444 g/mol. The van der Waals surface area contributed by atoms with Gasteiger partial charge in [0.2, 0.25) is 0 Å². The van der Waals surface area contributed by atoms with Gasteiger partial charge in [-0.1, -0.05) is 45.0 Å². The molecule has 4 nitrogen and oxygen atoms in total. The van der Waals surface area contributed by atoms with Gasteiger partial charge in [0.05, 0.1) is 30.0 Å². The minimum absolute atomic E-state index is 0.0193. The predicted octanol–water partition coefficient (Wildman–Crippen LogP) is 7.38. The molecule has 2 fully saturated rings. The molecule has 4 heteroatoms. The third kappa shape index (κ3) is 6.26. The summed E-state index contributed by atoms with van der Waals surface area (Å²) in [6, 6.07) is 18.2. The fourth-order valence-corrected chi connectivity index (χ4v) is 6.07. The van der Waals surface area contributed by atoms with E-state index in [4.69, 9.17) is 9.47 Å². The Morgan fingerprint density at radius 1 is 0.861 bits per heavy atom. The first-order chi connectivity index (χ1) is 16.9. The van der Waals surface area contributed by atoms with Gasteiger partial charge in [-0.25, -0.2) is 0 Å². The second kappa shape index (κ2) is 10.4. The van der Waals surface area contributed by atoms with Crippen LogP contribution in [-0.2, 0) is 9.47 Å². The molecule has 0 N–H and O–H groups in total. The maximum atomic E-state index is 6.76. The van der Waals surface area contributed by atoms with Gasteiger partial charge in [-0.2, -0.15) is 0 Å². The first-order valence-electron chi connectivity index (χ1n) is 13.9. The molecule has 0 aromatic heterocycles. The smallest absolute Gasteiger partial charge is 0.0836 e. The first kappa shape index (κ1) is 27.0. The number of hydrogen-bond donors (Lipinski definition) is 0. The van der Waals surface area contributed by atoms with Crippen molar-refractivity contribution in [1.82, 2.24) is 0 Å². The van der Waals surface area contributed by atoms with Crippen LogP contribution in [0, 0.1) is 0 Å². The number of nitrogens with zero attached hydrogens (tertiary/aromatic N) is 2. The van der Waals surface area contributed by atoms with Crippen LogP contribution in [0.1, 0.15) is 91.2 Å². The molecule has 2 aliphatic heterocycles. The molecule has 2 heterocycles. The number of morpholine rings is 2. The summed E-state index contributed by atoms with van der Waals surface area (Å²) in [6.45, 7) is 22.6. The van der Waals surface area contributed by atoms with Gasteiger partial charge in [0.25, 0.3) is 0 Å². The summed E-state index contributed by atoms with van der Waals surface area (Å²) in [5, 5.41) is 0. The molecule has 0 spiro atoms. The van der Waals surface area contributed by atoms with E-state index in [0.717, 1.165) is 45.7 Å². The van der Waals surface area contributed by atoms with Crippen molar-refractivity contribution < 1.29 is 9.47 Å². The molecule has 4 rings (SSSR count). The normalized spacial score (nSPS) is 24.7. The van der Waals surface area contributed by atoms with Crippen molar-refractivity contribution >= 4 is 11.4 Å². The number of anilines is 2. The number of rotatable bonds is 7. The van der Waals surface area contributed by atoms with Crippen LogP contribution in [0.3, 0.4) is 0 Å². The summed E-state index contributed by atoms with van der Waals surface area (Å²) in [4.78, 5) is 5.05. The molecule has 0 amide bonds. The Hall–Kier alpha value is -2.04. The minimum Gasteiger partial charge on any atom is -0.377 e. The van der Waals surface area contributed by atoms with Crippen LogP contribution in [0.25, 0.3) is 0 Å². The Morgan fingerprint density at radius 3 is 2.22 bits per heavy atom. The molecule has 198 valence electrons. The van der Waals surface area contributed by atoms with E-state index < -0.39 is 0 Å². The van der Waals surface area contributed by atoms with Gasteiger partial charge in [0.15, 0.2) is 0 Å². The largest absolute Gasteiger partial charge is 0.377 e. The minimum atomic E-state index is -0.189. The molecule has 0 aliphatic carbocycles. The van der Waals surface area contributed by atoms with Gasteiger partial charge in [-0.05, 0) is 94.7 Å². The van der Waals surface area contributed by atoms with Gasteiger partial charge in [0, 0.05) is 31.0 Å². The maximum absolute atomic E-state index is 6.76. The fourth-order valence-electron chi connectivity index (χ4n) is 6.07. The summed E-state index contributed by atoms with van der Waals surface area (Å²) in [5.74, 6) is 1.00. The van der Waals surface area contributed by atoms with E-state index in [1.165, 1.54) is 22.5 Å². The van der Waals surface area contributed by atoms with Gasteiger partial charge < -0.3 is 19.3 Å². The van der Waals surface area contributed by atoms with E-state index in [1.807, 2.05) is 0 Å². The second-order valence-electron chi connectivity index (χ2n) is 13.0. The highest BCUT2D eigenvalue weighted by atomic mass is 16.5. The zero-order valence-corrected chi connectivity index (χ0v) is 23.9. The van der Waals surface area contributed by atoms with E-state index in [9.17, 15) is 0 Å². The molecule has 2 aliphatic rings. The highest BCUT2D eigenvalue weighted by Gasteiger charge is 2.41. The van der Waals surface area contributed by atoms with E-state index in [0.29, 0.717) is 11.8 Å². The van der Waals surface area contributed by atoms with Crippen LogP contribution in [0.15, 0.2) is 48.5 Å². The predicted molar refractivity (Wildman–Crippen MR) is 153 cm³/mol. The molecule has 0 radical (unpaired) electrons. The number of benzene rings is 2. The van der Waals surface area contributed by atoms with E-state index in [-0.39, 0.29) is 16.7 Å². The Bertz CT molecular complexity index is 1030. The molecule has 0 saturated carbocycles. The molecule has 2 atom stereocenters. The molecule has 36 heavy (non-hydrogen) atoms. The standard InChI is InChI=1S/C32H48N2O2/c1-24(2)26-11-9-13-28(19-26)33-21-31(6,7)36-32(8,22-33)16-15-25(3)27-12-10-14-29(20-27)34-17-18-35-23-30(34,4)5/h9-14,19-20,24-25H,15-18,21-23H2,1-8H3. The topological polar surface area (TPSA) is 24.9 Å². The average molecular weight is 493 g/mol. The van der Waals surface area contributed by atoms with Crippen molar-refractivity contribution in [2.75, 3.05) is 42.6 Å². The van der Waals surface area contributed by atoms with Crippen LogP contribution < -0.4 is 9.80 Å². The lowest BCUT2D eigenvalue weighted by Crippen LogP contribution is -2.58. The van der Waals surface area contributed by atoms with E-state index in [1.54, 1.807) is 0 Å². The van der Waals surface area contributed by atoms with Crippen molar-refractivity contribution in [3.8, 4) is 0 Å². The van der Waals surface area contributed by atoms with Crippen LogP contribution in [0.5, 0.6) is 0 Å². The average Bonchev–Trinajstić information content (AvgIpc) is 2.81. The number of ether oxygens (including phenoxy) is 2. The van der Waals surface area contributed by atoms with Crippen LogP contribution in [0.2, 0.25) is 0 Å². The maximum Gasteiger partial charge on any atom is 0.0836 e. The van der Waals surface area contributed by atoms with Gasteiger partial charge in [0.1, 0.15) is 0 Å². The molecular formula is C32H48N2O2. The Morgan fingerprint density at radius 2 is 1.53 bits per heavy atom. The number of hydrogen-bond acceptors (Lipinski definition) is 4. The van der Waals surface area contributed by atoms with Crippen molar-refractivity contribution in [3.05, 3.63) is 59.7 Å². The van der Waals surface area contributed by atoms with Crippen molar-refractivity contribution in [2.24, 2.45) is 0 Å².